The van der Waals surface area contributed by atoms with E-state index in [9.17, 15) is 28.8 Å². The summed E-state index contributed by atoms with van der Waals surface area (Å²) in [6.07, 6.45) is 3.05. The maximum atomic E-state index is 12.7. The Morgan fingerprint density at radius 2 is 1.05 bits per heavy atom. The Morgan fingerprint density at radius 3 is 1.34 bits per heavy atom. The minimum absolute atomic E-state index is 0.0660. The second kappa shape index (κ2) is 12.3. The summed E-state index contributed by atoms with van der Waals surface area (Å²) in [6, 6.07) is -1.50. The third kappa shape index (κ3) is 6.37. The summed E-state index contributed by atoms with van der Waals surface area (Å²) in [7, 11) is 0. The van der Waals surface area contributed by atoms with Crippen molar-refractivity contribution in [3.63, 3.8) is 0 Å². The highest BCUT2D eigenvalue weighted by molar-refractivity contribution is 6.00. The molecule has 4 heterocycles. The lowest BCUT2D eigenvalue weighted by molar-refractivity contribution is -0.169. The number of piperazine rings is 2. The van der Waals surface area contributed by atoms with Crippen molar-refractivity contribution in [2.45, 2.75) is 63.7 Å². The van der Waals surface area contributed by atoms with Gasteiger partial charge in [0.2, 0.25) is 23.6 Å². The van der Waals surface area contributed by atoms with Gasteiger partial charge in [0.1, 0.15) is 12.1 Å². The Balaban J connectivity index is 1.25. The van der Waals surface area contributed by atoms with Crippen molar-refractivity contribution in [3.8, 4) is 0 Å². The highest BCUT2D eigenvalue weighted by Crippen LogP contribution is 2.18. The van der Waals surface area contributed by atoms with Gasteiger partial charge in [0.25, 0.3) is 0 Å². The number of amides is 4. The van der Waals surface area contributed by atoms with E-state index in [4.69, 9.17) is 9.47 Å². The summed E-state index contributed by atoms with van der Waals surface area (Å²) in [5.74, 6) is -2.89. The first-order valence-corrected chi connectivity index (χ1v) is 13.1. The zero-order valence-corrected chi connectivity index (χ0v) is 21.8. The fraction of sp³-hybridized carbons (Fsp3) is 0.750. The molecule has 38 heavy (non-hydrogen) atoms. The van der Waals surface area contributed by atoms with Crippen LogP contribution in [0.3, 0.4) is 0 Å². The molecule has 0 aliphatic carbocycles. The summed E-state index contributed by atoms with van der Waals surface area (Å²) >= 11 is 0. The zero-order chi connectivity index (χ0) is 27.4. The quantitative estimate of drug-likeness (QED) is 0.238. The predicted octanol–water partition coefficient (Wildman–Crippen LogP) is -2.39. The van der Waals surface area contributed by atoms with Crippen LogP contribution in [0.25, 0.3) is 0 Å². The van der Waals surface area contributed by atoms with Crippen molar-refractivity contribution in [2.75, 3.05) is 52.7 Å². The molecule has 0 spiro atoms. The molecule has 0 saturated carbocycles. The second-order valence-electron chi connectivity index (χ2n) is 10.2. The van der Waals surface area contributed by atoms with Crippen LogP contribution in [-0.4, -0.2) is 132 Å². The smallest absolute Gasteiger partial charge is 0.324 e. The van der Waals surface area contributed by atoms with Crippen molar-refractivity contribution >= 4 is 35.6 Å². The molecule has 210 valence electrons. The van der Waals surface area contributed by atoms with E-state index in [1.807, 2.05) is 13.8 Å². The predicted molar refractivity (Wildman–Crippen MR) is 130 cm³/mol. The molecule has 4 rings (SSSR count). The molecule has 0 aromatic heterocycles. The van der Waals surface area contributed by atoms with Crippen LogP contribution in [0, 0.1) is 0 Å². The molecule has 4 saturated heterocycles. The number of hydrogen-bond acceptors (Lipinski definition) is 12. The van der Waals surface area contributed by atoms with Crippen molar-refractivity contribution in [1.29, 1.82) is 0 Å². The normalized spacial score (nSPS) is 27.1. The summed E-state index contributed by atoms with van der Waals surface area (Å²) in [4.78, 5) is 80.3. The molecular weight excluding hydrogens is 500 g/mol. The van der Waals surface area contributed by atoms with Gasteiger partial charge in [0.05, 0.1) is 26.2 Å². The van der Waals surface area contributed by atoms with Crippen molar-refractivity contribution in [3.05, 3.63) is 0 Å². The van der Waals surface area contributed by atoms with E-state index < -0.39 is 61.1 Å². The van der Waals surface area contributed by atoms with Gasteiger partial charge in [-0.05, 0) is 52.6 Å². The monoisotopic (exact) mass is 536 g/mol. The van der Waals surface area contributed by atoms with Crippen LogP contribution in [0.1, 0.15) is 39.5 Å². The minimum Gasteiger partial charge on any atom is -0.443 e. The van der Waals surface area contributed by atoms with Crippen LogP contribution in [0.5, 0.6) is 0 Å². The second-order valence-corrected chi connectivity index (χ2v) is 10.2. The summed E-state index contributed by atoms with van der Waals surface area (Å²) in [6.45, 7) is 4.00. The Labute approximate surface area is 220 Å². The lowest BCUT2D eigenvalue weighted by atomic mass is 10.1. The minimum atomic E-state index is -0.483. The third-order valence-electron chi connectivity index (χ3n) is 7.77. The van der Waals surface area contributed by atoms with E-state index in [1.54, 1.807) is 9.80 Å². The van der Waals surface area contributed by atoms with E-state index in [0.717, 1.165) is 35.7 Å². The van der Waals surface area contributed by atoms with Gasteiger partial charge in [0, 0.05) is 12.1 Å². The summed E-state index contributed by atoms with van der Waals surface area (Å²) in [5, 5.41) is 6.03. The first kappa shape index (κ1) is 28.1. The van der Waals surface area contributed by atoms with E-state index in [2.05, 4.69) is 10.6 Å². The van der Waals surface area contributed by atoms with Gasteiger partial charge >= 0.3 is 11.9 Å². The Bertz CT molecular complexity index is 852. The molecular formula is C24H36N6O8. The van der Waals surface area contributed by atoms with Crippen molar-refractivity contribution in [2.24, 2.45) is 0 Å². The fourth-order valence-corrected chi connectivity index (χ4v) is 5.13. The Hall–Kier alpha value is -2.94. The average molecular weight is 537 g/mol. The number of carbonyl (C=O) groups is 6. The van der Waals surface area contributed by atoms with Crippen LogP contribution in [0.2, 0.25) is 0 Å². The third-order valence-corrected chi connectivity index (χ3v) is 7.77. The number of rotatable bonds is 9. The lowest BCUT2D eigenvalue weighted by Crippen LogP contribution is -2.63. The summed E-state index contributed by atoms with van der Waals surface area (Å²) < 4.78 is 10.4. The highest BCUT2D eigenvalue weighted by atomic mass is 16.6. The van der Waals surface area contributed by atoms with Crippen LogP contribution < -0.4 is 10.6 Å². The molecule has 0 aromatic carbocycles. The molecule has 4 aliphatic rings. The molecule has 4 unspecified atom stereocenters. The first-order valence-electron chi connectivity index (χ1n) is 13.1. The van der Waals surface area contributed by atoms with E-state index in [1.165, 1.54) is 0 Å². The molecule has 4 atom stereocenters. The number of imide groups is 2. The molecule has 0 radical (unpaired) electrons. The maximum absolute atomic E-state index is 12.7. The SMILES string of the molecule is CC(C(C)N1CC(=O)N(COC(=O)C2CCCN2)C(=O)C1)N1CC(=O)N(COC(=O)C2CCCN2)C(=O)C1. The number of nitrogens with one attached hydrogen (secondary N) is 2. The topological polar surface area (TPSA) is 158 Å². The van der Waals surface area contributed by atoms with Crippen molar-refractivity contribution in [1.82, 2.24) is 30.2 Å². The Morgan fingerprint density at radius 1 is 0.711 bits per heavy atom. The van der Waals surface area contributed by atoms with Gasteiger partial charge in [-0.2, -0.15) is 0 Å². The van der Waals surface area contributed by atoms with Gasteiger partial charge in [-0.1, -0.05) is 0 Å². The van der Waals surface area contributed by atoms with Crippen LogP contribution in [0.4, 0.5) is 0 Å². The van der Waals surface area contributed by atoms with Crippen LogP contribution >= 0.6 is 0 Å². The van der Waals surface area contributed by atoms with Crippen LogP contribution in [-0.2, 0) is 38.2 Å². The van der Waals surface area contributed by atoms with Crippen molar-refractivity contribution < 1.29 is 38.2 Å². The first-order chi connectivity index (χ1) is 18.2. The molecule has 14 nitrogen and oxygen atoms in total. The molecule has 0 aromatic rings. The molecule has 0 bridgehead atoms. The molecule has 14 heteroatoms. The number of carbonyl (C=O) groups excluding carboxylic acids is 6. The van der Waals surface area contributed by atoms with Gasteiger partial charge in [-0.15, -0.1) is 0 Å². The average Bonchev–Trinajstić information content (AvgIpc) is 3.61. The molecule has 4 amide bonds. The zero-order valence-electron chi connectivity index (χ0n) is 21.8. The van der Waals surface area contributed by atoms with Gasteiger partial charge in [0.15, 0.2) is 13.5 Å². The largest absolute Gasteiger partial charge is 0.443 e. The van der Waals surface area contributed by atoms with Gasteiger partial charge < -0.3 is 20.1 Å². The number of ether oxygens (including phenoxy) is 2. The van der Waals surface area contributed by atoms with E-state index in [-0.39, 0.29) is 38.3 Å². The van der Waals surface area contributed by atoms with Gasteiger partial charge in [-0.25, -0.2) is 9.80 Å². The van der Waals surface area contributed by atoms with Crippen LogP contribution in [0.15, 0.2) is 0 Å². The molecule has 2 N–H and O–H groups in total. The fourth-order valence-electron chi connectivity index (χ4n) is 5.13. The van der Waals surface area contributed by atoms with E-state index in [0.29, 0.717) is 12.8 Å². The van der Waals surface area contributed by atoms with Gasteiger partial charge in [-0.3, -0.25) is 38.6 Å². The maximum Gasteiger partial charge on any atom is 0.324 e. The number of nitrogens with zero attached hydrogens (tertiary/aromatic N) is 4. The summed E-state index contributed by atoms with van der Waals surface area (Å²) in [5.41, 5.74) is 0. The molecule has 4 aliphatic heterocycles. The molecule has 4 fully saturated rings. The Kier molecular flexibility index (Phi) is 9.07. The lowest BCUT2D eigenvalue weighted by Gasteiger charge is -2.43. The number of hydrogen-bond donors (Lipinski definition) is 2. The van der Waals surface area contributed by atoms with E-state index >= 15 is 0 Å². The number of esters is 2. The standard InChI is InChI=1S/C24H36N6O8/c1-15(27-9-19(31)29(20(32)10-27)13-37-23(35)17-5-3-7-25-17)16(2)28-11-21(33)30(22(34)12-28)14-38-24(36)18-6-4-8-26-18/h15-18,25-26H,3-14H2,1-2H3. The highest BCUT2D eigenvalue weighted by Gasteiger charge is 2.40.